The Bertz CT molecular complexity index is 709. The van der Waals surface area contributed by atoms with Crippen molar-refractivity contribution in [3.8, 4) is 22.9 Å². The molecule has 0 fully saturated rings. The number of ether oxygens (including phenoxy) is 2. The highest BCUT2D eigenvalue weighted by molar-refractivity contribution is 5.64. The summed E-state index contributed by atoms with van der Waals surface area (Å²) in [4.78, 5) is 0. The monoisotopic (exact) mass is 319 g/mol. The van der Waals surface area contributed by atoms with E-state index in [1.807, 2.05) is 48.5 Å². The van der Waals surface area contributed by atoms with E-state index in [2.05, 4.69) is 19.2 Å². The zero-order valence-corrected chi connectivity index (χ0v) is 13.7. The van der Waals surface area contributed by atoms with E-state index in [0.29, 0.717) is 25.4 Å². The Morgan fingerprint density at radius 1 is 0.958 bits per heavy atom. The predicted molar refractivity (Wildman–Crippen MR) is 96.9 cm³/mol. The number of nitrogens with zero attached hydrogens (tertiary/aromatic N) is 1. The van der Waals surface area contributed by atoms with Gasteiger partial charge in [-0.3, -0.25) is 0 Å². The van der Waals surface area contributed by atoms with Crippen LogP contribution in [-0.2, 0) is 4.74 Å². The molecule has 0 amide bonds. The molecular formula is C21H21NO2. The van der Waals surface area contributed by atoms with Gasteiger partial charge in [0.05, 0.1) is 24.8 Å². The fourth-order valence-corrected chi connectivity index (χ4v) is 2.11. The van der Waals surface area contributed by atoms with Gasteiger partial charge in [0, 0.05) is 0 Å². The number of nitriles is 1. The molecule has 0 atom stereocenters. The molecule has 0 saturated carbocycles. The quantitative estimate of drug-likeness (QED) is 0.494. The van der Waals surface area contributed by atoms with Gasteiger partial charge in [-0.15, -0.1) is 0 Å². The minimum Gasteiger partial charge on any atom is -0.491 e. The van der Waals surface area contributed by atoms with Crippen LogP contribution in [-0.4, -0.2) is 19.8 Å². The topological polar surface area (TPSA) is 42.2 Å². The van der Waals surface area contributed by atoms with Crippen LogP contribution in [0.4, 0.5) is 0 Å². The number of rotatable bonds is 9. The molecule has 2 rings (SSSR count). The average molecular weight is 319 g/mol. The van der Waals surface area contributed by atoms with Crippen molar-refractivity contribution in [1.82, 2.24) is 0 Å². The van der Waals surface area contributed by atoms with Gasteiger partial charge in [0.15, 0.2) is 0 Å². The first-order valence-corrected chi connectivity index (χ1v) is 7.84. The van der Waals surface area contributed by atoms with E-state index in [4.69, 9.17) is 14.7 Å². The largest absolute Gasteiger partial charge is 0.491 e. The Hall–Kier alpha value is -2.83. The lowest BCUT2D eigenvalue weighted by molar-refractivity contribution is 0.103. The summed E-state index contributed by atoms with van der Waals surface area (Å²) >= 11 is 0. The summed E-state index contributed by atoms with van der Waals surface area (Å²) in [5, 5.41) is 8.83. The molecule has 3 heteroatoms. The fraction of sp³-hybridized carbons (Fsp3) is 0.190. The molecule has 0 aliphatic heterocycles. The summed E-state index contributed by atoms with van der Waals surface area (Å²) in [5.41, 5.74) is 3.81. The first-order chi connectivity index (χ1) is 11.7. The van der Waals surface area contributed by atoms with Crippen molar-refractivity contribution in [2.24, 2.45) is 0 Å². The maximum atomic E-state index is 8.83. The lowest BCUT2D eigenvalue weighted by Gasteiger charge is -2.08. The van der Waals surface area contributed by atoms with E-state index in [1.54, 1.807) is 6.08 Å². The van der Waals surface area contributed by atoms with Gasteiger partial charge >= 0.3 is 0 Å². The van der Waals surface area contributed by atoms with Gasteiger partial charge in [-0.05, 0) is 41.8 Å². The highest BCUT2D eigenvalue weighted by atomic mass is 16.5. The van der Waals surface area contributed by atoms with Gasteiger partial charge in [0.2, 0.25) is 0 Å². The van der Waals surface area contributed by atoms with Crippen molar-refractivity contribution in [3.05, 3.63) is 78.9 Å². The molecule has 0 radical (unpaired) electrons. The molecule has 0 spiro atoms. The van der Waals surface area contributed by atoms with Crippen LogP contribution >= 0.6 is 0 Å². The Morgan fingerprint density at radius 2 is 1.58 bits per heavy atom. The summed E-state index contributed by atoms with van der Waals surface area (Å²) in [6.45, 7) is 9.18. The highest BCUT2D eigenvalue weighted by Gasteiger charge is 2.00. The molecule has 0 bridgehead atoms. The summed E-state index contributed by atoms with van der Waals surface area (Å²) in [7, 11) is 0. The molecule has 0 aliphatic rings. The zero-order valence-electron chi connectivity index (χ0n) is 13.7. The molecule has 3 nitrogen and oxygen atoms in total. The van der Waals surface area contributed by atoms with Gasteiger partial charge in [0.25, 0.3) is 0 Å². The fourth-order valence-electron chi connectivity index (χ4n) is 2.11. The van der Waals surface area contributed by atoms with Crippen LogP contribution < -0.4 is 4.74 Å². The standard InChI is InChI=1S/C21H21NO2/c1-3-17(2)12-13-23-14-15-24-21-10-8-20(9-11-21)19-6-4-18(16-22)5-7-19/h3-11H,1-2,12-15H2. The minimum atomic E-state index is 0.511. The molecule has 0 N–H and O–H groups in total. The average Bonchev–Trinajstić information content (AvgIpc) is 2.65. The Labute approximate surface area is 143 Å². The molecule has 0 heterocycles. The molecular weight excluding hydrogens is 298 g/mol. The van der Waals surface area contributed by atoms with E-state index in [1.165, 1.54) is 0 Å². The second-order valence-corrected chi connectivity index (χ2v) is 5.29. The van der Waals surface area contributed by atoms with E-state index in [0.717, 1.165) is 28.9 Å². The summed E-state index contributed by atoms with van der Waals surface area (Å²) in [6.07, 6.45) is 2.54. The molecule has 122 valence electrons. The normalized spacial score (nSPS) is 9.96. The van der Waals surface area contributed by atoms with Crippen LogP contribution in [0.25, 0.3) is 11.1 Å². The Morgan fingerprint density at radius 3 is 2.17 bits per heavy atom. The summed E-state index contributed by atoms with van der Waals surface area (Å²) < 4.78 is 11.1. The van der Waals surface area contributed by atoms with Crippen LogP contribution in [0.3, 0.4) is 0 Å². The third-order valence-electron chi connectivity index (χ3n) is 3.55. The van der Waals surface area contributed by atoms with Gasteiger partial charge in [-0.1, -0.05) is 49.1 Å². The van der Waals surface area contributed by atoms with Crippen molar-refractivity contribution in [1.29, 1.82) is 5.26 Å². The van der Waals surface area contributed by atoms with Gasteiger partial charge in [-0.25, -0.2) is 0 Å². The Balaban J connectivity index is 1.76. The van der Waals surface area contributed by atoms with Crippen molar-refractivity contribution in [2.45, 2.75) is 6.42 Å². The van der Waals surface area contributed by atoms with Crippen LogP contribution in [0.15, 0.2) is 73.3 Å². The van der Waals surface area contributed by atoms with Crippen LogP contribution in [0, 0.1) is 11.3 Å². The summed E-state index contributed by atoms with van der Waals surface area (Å²) in [5.74, 6) is 0.812. The second kappa shape index (κ2) is 9.34. The maximum absolute atomic E-state index is 8.83. The van der Waals surface area contributed by atoms with E-state index < -0.39 is 0 Å². The number of hydrogen-bond donors (Lipinski definition) is 0. The molecule has 0 aromatic heterocycles. The SMILES string of the molecule is C=CC(=C)CCOCCOc1ccc(-c2ccc(C#N)cc2)cc1. The molecule has 0 aliphatic carbocycles. The van der Waals surface area contributed by atoms with E-state index >= 15 is 0 Å². The van der Waals surface area contributed by atoms with Gasteiger partial charge in [0.1, 0.15) is 12.4 Å². The summed E-state index contributed by atoms with van der Waals surface area (Å²) in [6, 6.07) is 17.5. The molecule has 0 saturated heterocycles. The highest BCUT2D eigenvalue weighted by Crippen LogP contribution is 2.22. The molecule has 0 unspecified atom stereocenters. The van der Waals surface area contributed by atoms with Crippen LogP contribution in [0.2, 0.25) is 0 Å². The third kappa shape index (κ3) is 5.42. The van der Waals surface area contributed by atoms with E-state index in [9.17, 15) is 0 Å². The first kappa shape index (κ1) is 17.5. The number of hydrogen-bond acceptors (Lipinski definition) is 3. The van der Waals surface area contributed by atoms with Crippen molar-refractivity contribution < 1.29 is 9.47 Å². The minimum absolute atomic E-state index is 0.511. The number of benzene rings is 2. The molecule has 24 heavy (non-hydrogen) atoms. The van der Waals surface area contributed by atoms with Gasteiger partial charge in [-0.2, -0.15) is 5.26 Å². The van der Waals surface area contributed by atoms with Crippen molar-refractivity contribution >= 4 is 0 Å². The van der Waals surface area contributed by atoms with E-state index in [-0.39, 0.29) is 0 Å². The molecule has 2 aromatic rings. The van der Waals surface area contributed by atoms with Gasteiger partial charge < -0.3 is 9.47 Å². The first-order valence-electron chi connectivity index (χ1n) is 7.84. The second-order valence-electron chi connectivity index (χ2n) is 5.29. The number of allylic oxidation sites excluding steroid dienone is 1. The smallest absolute Gasteiger partial charge is 0.119 e. The Kier molecular flexibility index (Phi) is 6.82. The van der Waals surface area contributed by atoms with Crippen molar-refractivity contribution in [2.75, 3.05) is 19.8 Å². The maximum Gasteiger partial charge on any atom is 0.119 e. The lowest BCUT2D eigenvalue weighted by atomic mass is 10.0. The molecule has 2 aromatic carbocycles. The van der Waals surface area contributed by atoms with Crippen LogP contribution in [0.5, 0.6) is 5.75 Å². The zero-order chi connectivity index (χ0) is 17.2. The lowest BCUT2D eigenvalue weighted by Crippen LogP contribution is -2.07. The van der Waals surface area contributed by atoms with Crippen molar-refractivity contribution in [3.63, 3.8) is 0 Å². The predicted octanol–water partition coefficient (Wildman–Crippen LogP) is 4.75. The third-order valence-corrected chi connectivity index (χ3v) is 3.55. The van der Waals surface area contributed by atoms with Crippen LogP contribution in [0.1, 0.15) is 12.0 Å².